The number of nitro benzene ring substituents is 1. The Labute approximate surface area is 195 Å². The molecular weight excluding hydrogens is 504 g/mol. The van der Waals surface area contributed by atoms with Crippen molar-refractivity contribution in [1.82, 2.24) is 4.90 Å². The first-order chi connectivity index (χ1) is 15.2. The van der Waals surface area contributed by atoms with E-state index in [1.807, 2.05) is 0 Å². The van der Waals surface area contributed by atoms with Crippen molar-refractivity contribution in [3.8, 4) is 5.75 Å². The van der Waals surface area contributed by atoms with Crippen LogP contribution in [0.4, 0.5) is 10.5 Å². The van der Waals surface area contributed by atoms with Gasteiger partial charge < -0.3 is 9.47 Å². The summed E-state index contributed by atoms with van der Waals surface area (Å²) in [6.07, 6.45) is 1.52. The van der Waals surface area contributed by atoms with Gasteiger partial charge in [-0.3, -0.25) is 24.6 Å². The van der Waals surface area contributed by atoms with Gasteiger partial charge >= 0.3 is 5.97 Å². The number of benzene rings is 2. The number of ether oxygens (including phenoxy) is 2. The quantitative estimate of drug-likeness (QED) is 0.226. The molecule has 1 fully saturated rings. The molecule has 0 saturated carbocycles. The molecule has 11 heteroatoms. The SMILES string of the molecule is COC(=O)[C@@H](C)N1C(=O)S/C(=C/c2cc(Br)ccc2OCc2ccc([N+](=O)[O-])cc2)C1=O. The van der Waals surface area contributed by atoms with Crippen LogP contribution in [0.1, 0.15) is 18.1 Å². The van der Waals surface area contributed by atoms with E-state index in [9.17, 15) is 24.5 Å². The van der Waals surface area contributed by atoms with Crippen LogP contribution < -0.4 is 4.74 Å². The van der Waals surface area contributed by atoms with Gasteiger partial charge in [-0.2, -0.15) is 0 Å². The number of carbonyl (C=O) groups is 3. The van der Waals surface area contributed by atoms with Crippen LogP contribution in [-0.2, 0) is 20.9 Å². The van der Waals surface area contributed by atoms with Gasteiger partial charge in [-0.1, -0.05) is 15.9 Å². The van der Waals surface area contributed by atoms with Gasteiger partial charge in [0.15, 0.2) is 0 Å². The Morgan fingerprint density at radius 2 is 1.94 bits per heavy atom. The summed E-state index contributed by atoms with van der Waals surface area (Å²) in [5.74, 6) is -0.846. The Hall–Kier alpha value is -3.18. The highest BCUT2D eigenvalue weighted by atomic mass is 79.9. The standard InChI is InChI=1S/C21H17BrN2O7S/c1-12(20(26)30-2)23-19(25)18(32-21(23)27)10-14-9-15(22)5-8-17(14)31-11-13-3-6-16(7-4-13)24(28)29/h3-10,12H,11H2,1-2H3/b18-10+/t12-/m1/s1. The molecule has 2 amide bonds. The smallest absolute Gasteiger partial charge is 0.328 e. The fourth-order valence-corrected chi connectivity index (χ4v) is 4.15. The third-order valence-electron chi connectivity index (χ3n) is 4.55. The lowest BCUT2D eigenvalue weighted by Crippen LogP contribution is -2.42. The number of esters is 1. The maximum Gasteiger partial charge on any atom is 0.328 e. The summed E-state index contributed by atoms with van der Waals surface area (Å²) >= 11 is 4.10. The summed E-state index contributed by atoms with van der Waals surface area (Å²) in [7, 11) is 1.18. The van der Waals surface area contributed by atoms with Crippen LogP contribution in [0.25, 0.3) is 6.08 Å². The van der Waals surface area contributed by atoms with Crippen LogP contribution in [0.5, 0.6) is 5.75 Å². The zero-order valence-corrected chi connectivity index (χ0v) is 19.3. The molecular formula is C21H17BrN2O7S. The fraction of sp³-hybridized carbons (Fsp3) is 0.190. The number of hydrogen-bond donors (Lipinski definition) is 0. The molecule has 1 atom stereocenters. The molecule has 1 aliphatic rings. The molecule has 2 aromatic rings. The maximum absolute atomic E-state index is 12.7. The zero-order valence-electron chi connectivity index (χ0n) is 16.9. The highest BCUT2D eigenvalue weighted by molar-refractivity contribution is 9.10. The van der Waals surface area contributed by atoms with Gasteiger partial charge in [-0.15, -0.1) is 0 Å². The van der Waals surface area contributed by atoms with Crippen LogP contribution in [0.3, 0.4) is 0 Å². The van der Waals surface area contributed by atoms with E-state index in [0.717, 1.165) is 26.7 Å². The largest absolute Gasteiger partial charge is 0.488 e. The number of nitro groups is 1. The molecule has 1 aliphatic heterocycles. The van der Waals surface area contributed by atoms with Gasteiger partial charge in [0.1, 0.15) is 18.4 Å². The normalized spacial score (nSPS) is 15.7. The van der Waals surface area contributed by atoms with Crippen molar-refractivity contribution < 1.29 is 28.8 Å². The lowest BCUT2D eigenvalue weighted by atomic mass is 10.1. The van der Waals surface area contributed by atoms with Crippen molar-refractivity contribution in [1.29, 1.82) is 0 Å². The number of nitrogens with zero attached hydrogens (tertiary/aromatic N) is 2. The second-order valence-electron chi connectivity index (χ2n) is 6.65. The Kier molecular flexibility index (Phi) is 7.31. The predicted octanol–water partition coefficient (Wildman–Crippen LogP) is 4.53. The van der Waals surface area contributed by atoms with E-state index in [0.29, 0.717) is 11.3 Å². The number of carbonyl (C=O) groups excluding carboxylic acids is 3. The van der Waals surface area contributed by atoms with E-state index in [4.69, 9.17) is 4.74 Å². The highest BCUT2D eigenvalue weighted by Gasteiger charge is 2.41. The molecule has 32 heavy (non-hydrogen) atoms. The van der Waals surface area contributed by atoms with Crippen molar-refractivity contribution in [3.05, 3.63) is 73.1 Å². The molecule has 1 saturated heterocycles. The lowest BCUT2D eigenvalue weighted by Gasteiger charge is -2.18. The summed E-state index contributed by atoms with van der Waals surface area (Å²) in [4.78, 5) is 48.1. The maximum atomic E-state index is 12.7. The number of amides is 2. The number of hydrogen-bond acceptors (Lipinski definition) is 8. The molecule has 2 aromatic carbocycles. The first kappa shape index (κ1) is 23.5. The Balaban J connectivity index is 1.82. The summed E-state index contributed by atoms with van der Waals surface area (Å²) in [5.41, 5.74) is 1.24. The van der Waals surface area contributed by atoms with Crippen molar-refractivity contribution >= 4 is 56.6 Å². The number of non-ortho nitro benzene ring substituents is 1. The molecule has 0 N–H and O–H groups in total. The van der Waals surface area contributed by atoms with Gasteiger partial charge in [0.25, 0.3) is 16.8 Å². The second-order valence-corrected chi connectivity index (χ2v) is 8.55. The number of methoxy groups -OCH3 is 1. The third-order valence-corrected chi connectivity index (χ3v) is 5.93. The van der Waals surface area contributed by atoms with Crippen LogP contribution in [0, 0.1) is 10.1 Å². The lowest BCUT2D eigenvalue weighted by molar-refractivity contribution is -0.384. The van der Waals surface area contributed by atoms with Gasteiger partial charge in [-0.05, 0) is 60.7 Å². The monoisotopic (exact) mass is 520 g/mol. The number of halogens is 1. The van der Waals surface area contributed by atoms with E-state index in [1.165, 1.54) is 32.2 Å². The molecule has 166 valence electrons. The van der Waals surface area contributed by atoms with Gasteiger partial charge in [-0.25, -0.2) is 4.79 Å². The minimum absolute atomic E-state index is 0.0185. The summed E-state index contributed by atoms with van der Waals surface area (Å²) < 4.78 is 11.2. The van der Waals surface area contributed by atoms with Crippen LogP contribution >= 0.6 is 27.7 Å². The van der Waals surface area contributed by atoms with Crippen molar-refractivity contribution in [3.63, 3.8) is 0 Å². The molecule has 0 aromatic heterocycles. The highest BCUT2D eigenvalue weighted by Crippen LogP contribution is 2.36. The van der Waals surface area contributed by atoms with E-state index >= 15 is 0 Å². The summed E-state index contributed by atoms with van der Waals surface area (Å²) in [6, 6.07) is 10.1. The van der Waals surface area contributed by atoms with Crippen molar-refractivity contribution in [2.75, 3.05) is 7.11 Å². The van der Waals surface area contributed by atoms with Crippen molar-refractivity contribution in [2.24, 2.45) is 0 Å². The van der Waals surface area contributed by atoms with Crippen LogP contribution in [0.2, 0.25) is 0 Å². The minimum Gasteiger partial charge on any atom is -0.488 e. The molecule has 9 nitrogen and oxygen atoms in total. The summed E-state index contributed by atoms with van der Waals surface area (Å²) in [5, 5.41) is 10.2. The van der Waals surface area contributed by atoms with E-state index < -0.39 is 28.1 Å². The topological polar surface area (TPSA) is 116 Å². The third kappa shape index (κ3) is 5.17. The van der Waals surface area contributed by atoms with E-state index in [1.54, 1.807) is 30.3 Å². The van der Waals surface area contributed by atoms with Gasteiger partial charge in [0.05, 0.1) is 16.9 Å². The average molecular weight is 521 g/mol. The fourth-order valence-electron chi connectivity index (χ4n) is 2.87. The average Bonchev–Trinajstić information content (AvgIpc) is 3.05. The number of thioether (sulfide) groups is 1. The van der Waals surface area contributed by atoms with Crippen molar-refractivity contribution in [2.45, 2.75) is 19.6 Å². The van der Waals surface area contributed by atoms with Gasteiger partial charge in [0.2, 0.25) is 0 Å². The number of imide groups is 1. The van der Waals surface area contributed by atoms with Crippen LogP contribution in [-0.4, -0.2) is 40.1 Å². The second kappa shape index (κ2) is 9.96. The van der Waals surface area contributed by atoms with Gasteiger partial charge in [0, 0.05) is 22.2 Å². The molecule has 0 unspecified atom stereocenters. The molecule has 0 spiro atoms. The zero-order chi connectivity index (χ0) is 23.4. The molecule has 0 bridgehead atoms. The first-order valence-corrected chi connectivity index (χ1v) is 10.8. The Morgan fingerprint density at radius 1 is 1.25 bits per heavy atom. The summed E-state index contributed by atoms with van der Waals surface area (Å²) in [6.45, 7) is 1.56. The Bertz CT molecular complexity index is 1120. The predicted molar refractivity (Wildman–Crippen MR) is 121 cm³/mol. The molecule has 1 heterocycles. The first-order valence-electron chi connectivity index (χ1n) is 9.22. The molecule has 0 radical (unpaired) electrons. The van der Waals surface area contributed by atoms with E-state index in [2.05, 4.69) is 20.7 Å². The molecule has 0 aliphatic carbocycles. The molecule has 3 rings (SSSR count). The van der Waals surface area contributed by atoms with E-state index in [-0.39, 0.29) is 17.2 Å². The Morgan fingerprint density at radius 3 is 2.56 bits per heavy atom. The number of rotatable bonds is 7. The van der Waals surface area contributed by atoms with Crippen LogP contribution in [0.15, 0.2) is 51.8 Å². The minimum atomic E-state index is -1.04.